The van der Waals surface area contributed by atoms with Gasteiger partial charge in [-0.2, -0.15) is 0 Å². The number of likely N-dealkylation sites (N-methyl/N-ethyl adjacent to an activating group) is 1. The summed E-state index contributed by atoms with van der Waals surface area (Å²) in [6, 6.07) is 11.6. The molecule has 2 aromatic rings. The SMILES string of the molecule is COc1ccccc1C(C)N(C)CC(=O)Nc1ccc(Cl)cc1[N+](=O)[O-]. The van der Waals surface area contributed by atoms with Crippen LogP contribution in [0.2, 0.25) is 5.02 Å². The molecule has 26 heavy (non-hydrogen) atoms. The molecule has 1 N–H and O–H groups in total. The number of carbonyl (C=O) groups excluding carboxylic acids is 1. The Hall–Kier alpha value is -2.64. The molecule has 0 aliphatic rings. The monoisotopic (exact) mass is 377 g/mol. The average Bonchev–Trinajstić information content (AvgIpc) is 2.62. The molecule has 1 amide bonds. The second-order valence-electron chi connectivity index (χ2n) is 5.80. The molecule has 7 nitrogen and oxygen atoms in total. The van der Waals surface area contributed by atoms with Crippen LogP contribution in [0, 0.1) is 10.1 Å². The van der Waals surface area contributed by atoms with Crippen LogP contribution in [0.3, 0.4) is 0 Å². The number of amides is 1. The van der Waals surface area contributed by atoms with Gasteiger partial charge in [0, 0.05) is 22.7 Å². The molecule has 0 fully saturated rings. The first kappa shape index (κ1) is 19.7. The number of hydrogen-bond acceptors (Lipinski definition) is 5. The van der Waals surface area contributed by atoms with Gasteiger partial charge in [-0.1, -0.05) is 29.8 Å². The Kier molecular flexibility index (Phi) is 6.54. The molecule has 2 aromatic carbocycles. The average molecular weight is 378 g/mol. The Bertz CT molecular complexity index is 813. The van der Waals surface area contributed by atoms with E-state index in [1.165, 1.54) is 18.2 Å². The predicted molar refractivity (Wildman–Crippen MR) is 101 cm³/mol. The quantitative estimate of drug-likeness (QED) is 0.584. The van der Waals surface area contributed by atoms with E-state index in [9.17, 15) is 14.9 Å². The van der Waals surface area contributed by atoms with Gasteiger partial charge in [-0.3, -0.25) is 19.8 Å². The van der Waals surface area contributed by atoms with Gasteiger partial charge in [-0.15, -0.1) is 0 Å². The molecule has 0 radical (unpaired) electrons. The van der Waals surface area contributed by atoms with Gasteiger partial charge in [-0.05, 0) is 32.2 Å². The van der Waals surface area contributed by atoms with E-state index in [4.69, 9.17) is 16.3 Å². The fourth-order valence-electron chi connectivity index (χ4n) is 2.56. The lowest BCUT2D eigenvalue weighted by molar-refractivity contribution is -0.383. The second kappa shape index (κ2) is 8.64. The molecule has 0 aromatic heterocycles. The molecule has 0 saturated carbocycles. The zero-order chi connectivity index (χ0) is 19.3. The lowest BCUT2D eigenvalue weighted by atomic mass is 10.1. The summed E-state index contributed by atoms with van der Waals surface area (Å²) in [6.07, 6.45) is 0. The molecule has 0 aliphatic heterocycles. The predicted octanol–water partition coefficient (Wildman–Crippen LogP) is 3.89. The summed E-state index contributed by atoms with van der Waals surface area (Å²) in [5.74, 6) is 0.375. The summed E-state index contributed by atoms with van der Waals surface area (Å²) >= 11 is 5.78. The topological polar surface area (TPSA) is 84.7 Å². The minimum atomic E-state index is -0.581. The summed E-state index contributed by atoms with van der Waals surface area (Å²) in [7, 11) is 3.39. The van der Waals surface area contributed by atoms with E-state index in [-0.39, 0.29) is 34.9 Å². The minimum Gasteiger partial charge on any atom is -0.496 e. The number of carbonyl (C=O) groups is 1. The number of para-hydroxylation sites is 1. The highest BCUT2D eigenvalue weighted by Crippen LogP contribution is 2.29. The zero-order valence-electron chi connectivity index (χ0n) is 14.7. The number of methoxy groups -OCH3 is 1. The van der Waals surface area contributed by atoms with E-state index in [1.807, 2.05) is 36.1 Å². The van der Waals surface area contributed by atoms with Crippen LogP contribution >= 0.6 is 11.6 Å². The molecule has 1 unspecified atom stereocenters. The smallest absolute Gasteiger partial charge is 0.294 e. The largest absolute Gasteiger partial charge is 0.496 e. The summed E-state index contributed by atoms with van der Waals surface area (Å²) < 4.78 is 5.36. The molecule has 0 heterocycles. The number of rotatable bonds is 7. The number of anilines is 1. The van der Waals surface area contributed by atoms with E-state index in [0.29, 0.717) is 0 Å². The van der Waals surface area contributed by atoms with Crippen molar-refractivity contribution in [1.82, 2.24) is 4.90 Å². The van der Waals surface area contributed by atoms with Gasteiger partial charge in [0.25, 0.3) is 5.69 Å². The highest BCUT2D eigenvalue weighted by molar-refractivity contribution is 6.31. The number of halogens is 1. The number of nitrogens with zero attached hydrogens (tertiary/aromatic N) is 2. The highest BCUT2D eigenvalue weighted by Gasteiger charge is 2.20. The summed E-state index contributed by atoms with van der Waals surface area (Å²) in [5, 5.41) is 13.9. The fourth-order valence-corrected chi connectivity index (χ4v) is 2.73. The van der Waals surface area contributed by atoms with E-state index in [1.54, 1.807) is 14.2 Å². The molecule has 1 atom stereocenters. The van der Waals surface area contributed by atoms with E-state index >= 15 is 0 Å². The molecule has 0 saturated heterocycles. The normalized spacial score (nSPS) is 11.9. The number of nitro benzene ring substituents is 1. The third-order valence-corrected chi connectivity index (χ3v) is 4.31. The van der Waals surface area contributed by atoms with Crippen LogP contribution in [-0.4, -0.2) is 36.4 Å². The number of nitrogens with one attached hydrogen (secondary N) is 1. The molecular formula is C18H20ClN3O4. The Morgan fingerprint density at radius 3 is 2.69 bits per heavy atom. The van der Waals surface area contributed by atoms with E-state index in [2.05, 4.69) is 5.32 Å². The third-order valence-electron chi connectivity index (χ3n) is 4.07. The minimum absolute atomic E-state index is 0.0546. The van der Waals surface area contributed by atoms with Crippen molar-refractivity contribution in [3.8, 4) is 5.75 Å². The first-order valence-corrected chi connectivity index (χ1v) is 8.28. The van der Waals surface area contributed by atoms with Crippen molar-refractivity contribution in [3.05, 3.63) is 63.2 Å². The van der Waals surface area contributed by atoms with E-state index < -0.39 is 4.92 Å². The van der Waals surface area contributed by atoms with Gasteiger partial charge >= 0.3 is 0 Å². The number of ether oxygens (including phenoxy) is 1. The van der Waals surface area contributed by atoms with Gasteiger partial charge < -0.3 is 10.1 Å². The molecule has 138 valence electrons. The van der Waals surface area contributed by atoms with Crippen molar-refractivity contribution < 1.29 is 14.5 Å². The standard InChI is InChI=1S/C18H20ClN3O4/c1-12(14-6-4-5-7-17(14)26-3)21(2)11-18(23)20-15-9-8-13(19)10-16(15)22(24)25/h4-10,12H,11H2,1-3H3,(H,20,23). The van der Waals surface area contributed by atoms with Crippen molar-refractivity contribution in [3.63, 3.8) is 0 Å². The molecule has 0 spiro atoms. The lowest BCUT2D eigenvalue weighted by Gasteiger charge is -2.25. The van der Waals surface area contributed by atoms with Crippen molar-refractivity contribution in [2.24, 2.45) is 0 Å². The maximum atomic E-state index is 12.3. The van der Waals surface area contributed by atoms with Crippen LogP contribution in [0.25, 0.3) is 0 Å². The van der Waals surface area contributed by atoms with Crippen LogP contribution in [0.4, 0.5) is 11.4 Å². The Morgan fingerprint density at radius 2 is 2.04 bits per heavy atom. The molecular weight excluding hydrogens is 358 g/mol. The summed E-state index contributed by atoms with van der Waals surface area (Å²) in [5.41, 5.74) is 0.816. The van der Waals surface area contributed by atoms with E-state index in [0.717, 1.165) is 11.3 Å². The molecule has 8 heteroatoms. The lowest BCUT2D eigenvalue weighted by Crippen LogP contribution is -2.32. The van der Waals surface area contributed by atoms with Gasteiger partial charge in [-0.25, -0.2) is 0 Å². The first-order chi connectivity index (χ1) is 12.3. The van der Waals surface area contributed by atoms with Gasteiger partial charge in [0.15, 0.2) is 0 Å². The van der Waals surface area contributed by atoms with Crippen LogP contribution in [0.15, 0.2) is 42.5 Å². The highest BCUT2D eigenvalue weighted by atomic mass is 35.5. The number of hydrogen-bond donors (Lipinski definition) is 1. The Labute approximate surface area is 156 Å². The molecule has 2 rings (SSSR count). The Balaban J connectivity index is 2.09. The summed E-state index contributed by atoms with van der Waals surface area (Å²) in [6.45, 7) is 2.01. The zero-order valence-corrected chi connectivity index (χ0v) is 15.5. The van der Waals surface area contributed by atoms with Crippen LogP contribution in [-0.2, 0) is 4.79 Å². The molecule has 0 aliphatic carbocycles. The maximum absolute atomic E-state index is 12.3. The Morgan fingerprint density at radius 1 is 1.35 bits per heavy atom. The van der Waals surface area contributed by atoms with Crippen LogP contribution in [0.5, 0.6) is 5.75 Å². The van der Waals surface area contributed by atoms with Crippen molar-refractivity contribution in [1.29, 1.82) is 0 Å². The van der Waals surface area contributed by atoms with Crippen molar-refractivity contribution >= 4 is 28.9 Å². The first-order valence-electron chi connectivity index (χ1n) is 7.90. The van der Waals surface area contributed by atoms with Crippen LogP contribution < -0.4 is 10.1 Å². The van der Waals surface area contributed by atoms with Crippen LogP contribution in [0.1, 0.15) is 18.5 Å². The van der Waals surface area contributed by atoms with Gasteiger partial charge in [0.2, 0.25) is 5.91 Å². The van der Waals surface area contributed by atoms with Gasteiger partial charge in [0.1, 0.15) is 11.4 Å². The van der Waals surface area contributed by atoms with Crippen molar-refractivity contribution in [2.75, 3.05) is 26.0 Å². The maximum Gasteiger partial charge on any atom is 0.294 e. The third kappa shape index (κ3) is 4.71. The molecule has 0 bridgehead atoms. The van der Waals surface area contributed by atoms with Crippen molar-refractivity contribution in [2.45, 2.75) is 13.0 Å². The number of nitro groups is 1. The fraction of sp³-hybridized carbons (Fsp3) is 0.278. The number of benzene rings is 2. The summed E-state index contributed by atoms with van der Waals surface area (Å²) in [4.78, 5) is 24.7. The van der Waals surface area contributed by atoms with Gasteiger partial charge in [0.05, 0.1) is 18.6 Å². The second-order valence-corrected chi connectivity index (χ2v) is 6.24.